The largest absolute Gasteiger partial charge is 0.492 e. The average Bonchev–Trinajstić information content (AvgIpc) is 3.18. The Morgan fingerprint density at radius 1 is 1.14 bits per heavy atom. The second-order valence-electron chi connectivity index (χ2n) is 8.05. The third-order valence-electron chi connectivity index (χ3n) is 6.20. The molecule has 1 saturated heterocycles. The summed E-state index contributed by atoms with van der Waals surface area (Å²) in [6.07, 6.45) is 2.90. The molecule has 1 aromatic carbocycles. The van der Waals surface area contributed by atoms with Crippen molar-refractivity contribution < 1.29 is 9.53 Å². The van der Waals surface area contributed by atoms with E-state index in [1.807, 2.05) is 18.2 Å². The van der Waals surface area contributed by atoms with Gasteiger partial charge in [0.25, 0.3) is 11.5 Å². The van der Waals surface area contributed by atoms with Crippen LogP contribution in [-0.2, 0) is 12.8 Å². The molecule has 154 valence electrons. The first kappa shape index (κ1) is 19.7. The Hall–Kier alpha value is -2.60. The molecular formula is C23H29N3O3. The first-order valence-corrected chi connectivity index (χ1v) is 10.5. The van der Waals surface area contributed by atoms with Crippen molar-refractivity contribution in [2.75, 3.05) is 39.3 Å². The lowest BCUT2D eigenvalue weighted by Crippen LogP contribution is -2.50. The summed E-state index contributed by atoms with van der Waals surface area (Å²) in [6, 6.07) is 7.92. The Balaban J connectivity index is 1.29. The number of carbonyl (C=O) groups is 1. The highest BCUT2D eigenvalue weighted by atomic mass is 16.5. The van der Waals surface area contributed by atoms with E-state index in [-0.39, 0.29) is 17.0 Å². The maximum absolute atomic E-state index is 12.9. The monoisotopic (exact) mass is 395 g/mol. The van der Waals surface area contributed by atoms with Gasteiger partial charge in [0.2, 0.25) is 0 Å². The first-order valence-electron chi connectivity index (χ1n) is 10.5. The van der Waals surface area contributed by atoms with Crippen LogP contribution in [0.15, 0.2) is 29.1 Å². The lowest BCUT2D eigenvalue weighted by atomic mass is 10.1. The van der Waals surface area contributed by atoms with Crippen molar-refractivity contribution in [1.82, 2.24) is 14.8 Å². The number of aryl methyl sites for hydroxylation is 3. The molecule has 2 heterocycles. The van der Waals surface area contributed by atoms with Gasteiger partial charge in [-0.05, 0) is 61.9 Å². The molecular weight excluding hydrogens is 366 g/mol. The van der Waals surface area contributed by atoms with Crippen molar-refractivity contribution in [3.8, 4) is 5.75 Å². The van der Waals surface area contributed by atoms with Crippen molar-refractivity contribution in [3.05, 3.63) is 62.6 Å². The molecule has 0 unspecified atom stereocenters. The van der Waals surface area contributed by atoms with Crippen LogP contribution in [0, 0.1) is 13.8 Å². The van der Waals surface area contributed by atoms with Gasteiger partial charge in [0, 0.05) is 38.4 Å². The van der Waals surface area contributed by atoms with Crippen molar-refractivity contribution in [2.24, 2.45) is 0 Å². The molecule has 1 aromatic heterocycles. The van der Waals surface area contributed by atoms with Gasteiger partial charge < -0.3 is 14.6 Å². The lowest BCUT2D eigenvalue weighted by molar-refractivity contribution is 0.0618. The zero-order valence-corrected chi connectivity index (χ0v) is 17.3. The fraction of sp³-hybridized carbons (Fsp3) is 0.478. The molecule has 6 heteroatoms. The minimum atomic E-state index is -0.250. The number of amides is 1. The number of ether oxygens (including phenoxy) is 1. The van der Waals surface area contributed by atoms with Gasteiger partial charge in [0.05, 0.1) is 0 Å². The Kier molecular flexibility index (Phi) is 5.72. The van der Waals surface area contributed by atoms with Gasteiger partial charge in [-0.25, -0.2) is 0 Å². The van der Waals surface area contributed by atoms with E-state index in [0.29, 0.717) is 19.7 Å². The number of hydrogen-bond acceptors (Lipinski definition) is 4. The van der Waals surface area contributed by atoms with E-state index >= 15 is 0 Å². The number of benzene rings is 1. The molecule has 2 aromatic rings. The molecule has 0 saturated carbocycles. The predicted molar refractivity (Wildman–Crippen MR) is 113 cm³/mol. The topological polar surface area (TPSA) is 65.6 Å². The molecule has 0 bridgehead atoms. The van der Waals surface area contributed by atoms with Gasteiger partial charge >= 0.3 is 0 Å². The van der Waals surface area contributed by atoms with Crippen LogP contribution < -0.4 is 10.3 Å². The highest BCUT2D eigenvalue weighted by Gasteiger charge is 2.25. The van der Waals surface area contributed by atoms with E-state index in [1.165, 1.54) is 11.1 Å². The number of nitrogens with zero attached hydrogens (tertiary/aromatic N) is 2. The summed E-state index contributed by atoms with van der Waals surface area (Å²) < 4.78 is 5.95. The van der Waals surface area contributed by atoms with Gasteiger partial charge in [0.15, 0.2) is 0 Å². The third-order valence-corrected chi connectivity index (χ3v) is 6.20. The second kappa shape index (κ2) is 8.41. The van der Waals surface area contributed by atoms with Crippen LogP contribution in [0.5, 0.6) is 5.75 Å². The van der Waals surface area contributed by atoms with E-state index in [1.54, 1.807) is 4.90 Å². The molecule has 0 atom stereocenters. The van der Waals surface area contributed by atoms with Crippen molar-refractivity contribution in [3.63, 3.8) is 0 Å². The Labute approximate surface area is 171 Å². The molecule has 1 amide bonds. The number of nitrogens with one attached hydrogen (secondary N) is 1. The number of rotatable bonds is 5. The normalized spacial score (nSPS) is 16.7. The maximum Gasteiger partial charge on any atom is 0.261 e. The number of fused-ring (bicyclic) bond motifs is 1. The summed E-state index contributed by atoms with van der Waals surface area (Å²) in [5, 5.41) is 0. The Bertz CT molecular complexity index is 958. The Morgan fingerprint density at radius 2 is 1.93 bits per heavy atom. The number of piperazine rings is 1. The molecule has 1 aliphatic carbocycles. The summed E-state index contributed by atoms with van der Waals surface area (Å²) in [4.78, 5) is 32.2. The molecule has 0 spiro atoms. The molecule has 2 aliphatic rings. The highest BCUT2D eigenvalue weighted by molar-refractivity contribution is 5.94. The zero-order chi connectivity index (χ0) is 20.4. The summed E-state index contributed by atoms with van der Waals surface area (Å²) >= 11 is 0. The van der Waals surface area contributed by atoms with E-state index in [2.05, 4.69) is 29.8 Å². The van der Waals surface area contributed by atoms with E-state index in [0.717, 1.165) is 55.9 Å². The minimum absolute atomic E-state index is 0.146. The fourth-order valence-electron chi connectivity index (χ4n) is 4.18. The molecule has 1 N–H and O–H groups in total. The first-order chi connectivity index (χ1) is 14.0. The summed E-state index contributed by atoms with van der Waals surface area (Å²) in [5.74, 6) is 0.793. The van der Waals surface area contributed by atoms with Crippen molar-refractivity contribution >= 4 is 5.91 Å². The quantitative estimate of drug-likeness (QED) is 0.844. The van der Waals surface area contributed by atoms with Crippen LogP contribution in [0.4, 0.5) is 0 Å². The average molecular weight is 396 g/mol. The van der Waals surface area contributed by atoms with Gasteiger partial charge in [-0.1, -0.05) is 12.1 Å². The number of aromatic nitrogens is 1. The van der Waals surface area contributed by atoms with Crippen LogP contribution in [0.3, 0.4) is 0 Å². The summed E-state index contributed by atoms with van der Waals surface area (Å²) in [7, 11) is 0. The zero-order valence-electron chi connectivity index (χ0n) is 17.3. The van der Waals surface area contributed by atoms with Crippen molar-refractivity contribution in [2.45, 2.75) is 33.1 Å². The van der Waals surface area contributed by atoms with Crippen LogP contribution in [0.2, 0.25) is 0 Å². The molecule has 0 radical (unpaired) electrons. The number of hydrogen-bond donors (Lipinski definition) is 1. The standard InChI is InChI=1S/C23H29N3O3/c1-16-5-3-8-21(17(16)2)29-14-13-25-9-11-26(12-10-25)23(28)19-15-18-6-4-7-20(18)24-22(19)27/h3,5,8,15H,4,6-7,9-14H2,1-2H3,(H,24,27). The molecule has 4 rings (SSSR count). The maximum atomic E-state index is 12.9. The third kappa shape index (κ3) is 4.22. The molecule has 1 aliphatic heterocycles. The van der Waals surface area contributed by atoms with Gasteiger partial charge in [-0.3, -0.25) is 14.5 Å². The SMILES string of the molecule is Cc1cccc(OCCN2CCN(C(=O)c3cc4c([nH]c3=O)CCC4)CC2)c1C. The number of carbonyl (C=O) groups excluding carboxylic acids is 1. The van der Waals surface area contributed by atoms with Crippen LogP contribution in [0.1, 0.15) is 39.2 Å². The minimum Gasteiger partial charge on any atom is -0.492 e. The van der Waals surface area contributed by atoms with Crippen LogP contribution in [-0.4, -0.2) is 60.0 Å². The van der Waals surface area contributed by atoms with Crippen LogP contribution >= 0.6 is 0 Å². The summed E-state index contributed by atoms with van der Waals surface area (Å²) in [5.41, 5.74) is 4.58. The van der Waals surface area contributed by atoms with Gasteiger partial charge in [-0.2, -0.15) is 0 Å². The second-order valence-corrected chi connectivity index (χ2v) is 8.05. The van der Waals surface area contributed by atoms with E-state index in [4.69, 9.17) is 4.74 Å². The van der Waals surface area contributed by atoms with E-state index in [9.17, 15) is 9.59 Å². The number of pyridine rings is 1. The number of H-pyrrole nitrogens is 1. The molecule has 6 nitrogen and oxygen atoms in total. The highest BCUT2D eigenvalue weighted by Crippen LogP contribution is 2.21. The molecule has 1 fully saturated rings. The van der Waals surface area contributed by atoms with Crippen molar-refractivity contribution in [1.29, 1.82) is 0 Å². The summed E-state index contributed by atoms with van der Waals surface area (Å²) in [6.45, 7) is 8.49. The number of aromatic amines is 1. The molecule has 29 heavy (non-hydrogen) atoms. The Morgan fingerprint density at radius 3 is 2.72 bits per heavy atom. The van der Waals surface area contributed by atoms with Gasteiger partial charge in [0.1, 0.15) is 17.9 Å². The smallest absolute Gasteiger partial charge is 0.261 e. The van der Waals surface area contributed by atoms with E-state index < -0.39 is 0 Å². The van der Waals surface area contributed by atoms with Crippen LogP contribution in [0.25, 0.3) is 0 Å². The predicted octanol–water partition coefficient (Wildman–Crippen LogP) is 2.32. The lowest BCUT2D eigenvalue weighted by Gasteiger charge is -2.34. The van der Waals surface area contributed by atoms with Gasteiger partial charge in [-0.15, -0.1) is 0 Å². The fourth-order valence-corrected chi connectivity index (χ4v) is 4.18.